The maximum atomic E-state index is 11.1. The van der Waals surface area contributed by atoms with E-state index in [1.165, 1.54) is 0 Å². The Balaban J connectivity index is 2.71. The summed E-state index contributed by atoms with van der Waals surface area (Å²) in [5.74, 6) is -1.50. The summed E-state index contributed by atoms with van der Waals surface area (Å²) >= 11 is 0. The molecule has 0 aromatic heterocycles. The minimum Gasteiger partial charge on any atom is -0.481 e. The molecule has 0 amide bonds. The van der Waals surface area contributed by atoms with Crippen LogP contribution < -0.4 is 4.74 Å². The SMILES string of the molecule is CCc1ccccc1OC(=O)CC(=O)O. The molecular weight excluding hydrogens is 196 g/mol. The van der Waals surface area contributed by atoms with E-state index in [4.69, 9.17) is 9.84 Å². The molecule has 15 heavy (non-hydrogen) atoms. The number of ether oxygens (including phenoxy) is 1. The number of para-hydroxylation sites is 1. The van der Waals surface area contributed by atoms with Gasteiger partial charge in [-0.25, -0.2) is 0 Å². The highest BCUT2D eigenvalue weighted by Crippen LogP contribution is 2.18. The zero-order valence-corrected chi connectivity index (χ0v) is 8.40. The molecule has 0 aliphatic carbocycles. The van der Waals surface area contributed by atoms with Crippen molar-refractivity contribution in [2.75, 3.05) is 0 Å². The number of aryl methyl sites for hydroxylation is 1. The fraction of sp³-hybridized carbons (Fsp3) is 0.273. The summed E-state index contributed by atoms with van der Waals surface area (Å²) in [7, 11) is 0. The molecule has 0 unspecified atom stereocenters. The molecule has 0 bridgehead atoms. The molecule has 0 aliphatic rings. The summed E-state index contributed by atoms with van der Waals surface area (Å²) in [4.78, 5) is 21.3. The average molecular weight is 208 g/mol. The quantitative estimate of drug-likeness (QED) is 0.464. The van der Waals surface area contributed by atoms with Crippen molar-refractivity contribution >= 4 is 11.9 Å². The van der Waals surface area contributed by atoms with Crippen LogP contribution in [0.15, 0.2) is 24.3 Å². The lowest BCUT2D eigenvalue weighted by Gasteiger charge is -2.06. The molecular formula is C11H12O4. The fourth-order valence-electron chi connectivity index (χ4n) is 1.18. The highest BCUT2D eigenvalue weighted by atomic mass is 16.5. The predicted octanol–water partition coefficient (Wildman–Crippen LogP) is 1.63. The standard InChI is InChI=1S/C11H12O4/c1-2-8-5-3-4-6-9(8)15-11(14)7-10(12)13/h3-6H,2,7H2,1H3,(H,12,13). The van der Waals surface area contributed by atoms with Crippen molar-refractivity contribution in [3.8, 4) is 5.75 Å². The Hall–Kier alpha value is -1.84. The van der Waals surface area contributed by atoms with Gasteiger partial charge in [-0.05, 0) is 18.1 Å². The van der Waals surface area contributed by atoms with Crippen LogP contribution in [0.5, 0.6) is 5.75 Å². The Bertz CT molecular complexity index is 371. The first-order chi connectivity index (χ1) is 7.13. The van der Waals surface area contributed by atoms with E-state index in [1.54, 1.807) is 12.1 Å². The van der Waals surface area contributed by atoms with Crippen LogP contribution in [0.2, 0.25) is 0 Å². The second kappa shape index (κ2) is 5.14. The van der Waals surface area contributed by atoms with Gasteiger partial charge in [0, 0.05) is 0 Å². The van der Waals surface area contributed by atoms with E-state index in [0.717, 1.165) is 12.0 Å². The van der Waals surface area contributed by atoms with E-state index in [-0.39, 0.29) is 0 Å². The lowest BCUT2D eigenvalue weighted by atomic mass is 10.1. The monoisotopic (exact) mass is 208 g/mol. The Morgan fingerprint density at radius 2 is 2.00 bits per heavy atom. The molecule has 0 aliphatic heterocycles. The van der Waals surface area contributed by atoms with Gasteiger partial charge in [-0.2, -0.15) is 0 Å². The van der Waals surface area contributed by atoms with Crippen molar-refractivity contribution in [2.24, 2.45) is 0 Å². The Morgan fingerprint density at radius 3 is 2.60 bits per heavy atom. The number of benzene rings is 1. The summed E-state index contributed by atoms with van der Waals surface area (Å²) in [6.45, 7) is 1.93. The van der Waals surface area contributed by atoms with E-state index >= 15 is 0 Å². The second-order valence-corrected chi connectivity index (χ2v) is 3.01. The largest absolute Gasteiger partial charge is 0.481 e. The molecule has 0 fully saturated rings. The van der Waals surface area contributed by atoms with E-state index < -0.39 is 18.4 Å². The molecule has 1 rings (SSSR count). The van der Waals surface area contributed by atoms with Crippen LogP contribution in [0.1, 0.15) is 18.9 Å². The number of hydrogen-bond acceptors (Lipinski definition) is 3. The fourth-order valence-corrected chi connectivity index (χ4v) is 1.18. The zero-order chi connectivity index (χ0) is 11.3. The van der Waals surface area contributed by atoms with Gasteiger partial charge >= 0.3 is 11.9 Å². The van der Waals surface area contributed by atoms with Crippen LogP contribution in [0.25, 0.3) is 0 Å². The van der Waals surface area contributed by atoms with Gasteiger partial charge in [0.15, 0.2) is 0 Å². The van der Waals surface area contributed by atoms with Crippen molar-refractivity contribution in [1.29, 1.82) is 0 Å². The highest BCUT2D eigenvalue weighted by Gasteiger charge is 2.11. The molecule has 4 nitrogen and oxygen atoms in total. The third kappa shape index (κ3) is 3.42. The van der Waals surface area contributed by atoms with Gasteiger partial charge in [0.25, 0.3) is 0 Å². The number of carbonyl (C=O) groups excluding carboxylic acids is 1. The topological polar surface area (TPSA) is 63.6 Å². The molecule has 0 saturated carbocycles. The van der Waals surface area contributed by atoms with Crippen molar-refractivity contribution < 1.29 is 19.4 Å². The predicted molar refractivity (Wildman–Crippen MR) is 53.7 cm³/mol. The number of esters is 1. The smallest absolute Gasteiger partial charge is 0.322 e. The summed E-state index contributed by atoms with van der Waals surface area (Å²) in [5.41, 5.74) is 0.885. The maximum absolute atomic E-state index is 11.1. The number of aliphatic carboxylic acids is 1. The number of carbonyl (C=O) groups is 2. The lowest BCUT2D eigenvalue weighted by Crippen LogP contribution is -2.13. The molecule has 1 N–H and O–H groups in total. The van der Waals surface area contributed by atoms with Crippen molar-refractivity contribution in [3.63, 3.8) is 0 Å². The van der Waals surface area contributed by atoms with Gasteiger partial charge in [-0.1, -0.05) is 25.1 Å². The maximum Gasteiger partial charge on any atom is 0.322 e. The number of carboxylic acids is 1. The second-order valence-electron chi connectivity index (χ2n) is 3.01. The van der Waals surface area contributed by atoms with Gasteiger partial charge in [-0.15, -0.1) is 0 Å². The molecule has 0 radical (unpaired) electrons. The van der Waals surface area contributed by atoms with Gasteiger partial charge in [0.2, 0.25) is 0 Å². The number of hydrogen-bond donors (Lipinski definition) is 1. The van der Waals surface area contributed by atoms with Gasteiger partial charge in [-0.3, -0.25) is 9.59 Å². The molecule has 1 aromatic rings. The van der Waals surface area contributed by atoms with Gasteiger partial charge in [0.1, 0.15) is 12.2 Å². The van der Waals surface area contributed by atoms with Gasteiger partial charge < -0.3 is 9.84 Å². The summed E-state index contributed by atoms with van der Waals surface area (Å²) in [6, 6.07) is 7.07. The Morgan fingerprint density at radius 1 is 1.33 bits per heavy atom. The van der Waals surface area contributed by atoms with E-state index in [2.05, 4.69) is 0 Å². The van der Waals surface area contributed by atoms with Crippen LogP contribution >= 0.6 is 0 Å². The van der Waals surface area contributed by atoms with Crippen molar-refractivity contribution in [2.45, 2.75) is 19.8 Å². The minimum absolute atomic E-state index is 0.436. The van der Waals surface area contributed by atoms with Crippen LogP contribution in [0.4, 0.5) is 0 Å². The summed E-state index contributed by atoms with van der Waals surface area (Å²) in [6.07, 6.45) is 0.120. The Kier molecular flexibility index (Phi) is 3.85. The van der Waals surface area contributed by atoms with Gasteiger partial charge in [0.05, 0.1) is 0 Å². The lowest BCUT2D eigenvalue weighted by molar-refractivity contribution is -0.145. The number of rotatable bonds is 4. The Labute approximate surface area is 87.5 Å². The van der Waals surface area contributed by atoms with Crippen LogP contribution in [0, 0.1) is 0 Å². The molecule has 80 valence electrons. The first kappa shape index (κ1) is 11.2. The van der Waals surface area contributed by atoms with Crippen molar-refractivity contribution in [1.82, 2.24) is 0 Å². The molecule has 1 aromatic carbocycles. The highest BCUT2D eigenvalue weighted by molar-refractivity contribution is 5.91. The van der Waals surface area contributed by atoms with E-state index in [0.29, 0.717) is 5.75 Å². The van der Waals surface area contributed by atoms with Crippen LogP contribution in [0.3, 0.4) is 0 Å². The van der Waals surface area contributed by atoms with Crippen LogP contribution in [-0.2, 0) is 16.0 Å². The minimum atomic E-state index is -1.19. The van der Waals surface area contributed by atoms with Crippen LogP contribution in [-0.4, -0.2) is 17.0 Å². The third-order valence-electron chi connectivity index (χ3n) is 1.87. The summed E-state index contributed by atoms with van der Waals surface area (Å²) in [5, 5.41) is 8.39. The first-order valence-corrected chi connectivity index (χ1v) is 4.64. The first-order valence-electron chi connectivity index (χ1n) is 4.64. The number of carboxylic acid groups (broad SMARTS) is 1. The molecule has 0 atom stereocenters. The zero-order valence-electron chi connectivity index (χ0n) is 8.40. The summed E-state index contributed by atoms with van der Waals surface area (Å²) < 4.78 is 4.93. The van der Waals surface area contributed by atoms with E-state index in [1.807, 2.05) is 19.1 Å². The molecule has 0 saturated heterocycles. The third-order valence-corrected chi connectivity index (χ3v) is 1.87. The molecule has 0 heterocycles. The average Bonchev–Trinajstić information content (AvgIpc) is 2.17. The normalized spacial score (nSPS) is 9.67. The van der Waals surface area contributed by atoms with Crippen molar-refractivity contribution in [3.05, 3.63) is 29.8 Å². The molecule has 4 heteroatoms. The van der Waals surface area contributed by atoms with E-state index in [9.17, 15) is 9.59 Å². The molecule has 0 spiro atoms.